The van der Waals surface area contributed by atoms with Gasteiger partial charge >= 0.3 is 6.03 Å². The predicted octanol–water partition coefficient (Wildman–Crippen LogP) is 2.11. The van der Waals surface area contributed by atoms with Crippen LogP contribution in [0, 0.1) is 0 Å². The molecule has 1 aliphatic rings. The van der Waals surface area contributed by atoms with E-state index in [0.29, 0.717) is 6.54 Å². The largest absolute Gasteiger partial charge is 0.363 e. The Balaban J connectivity index is 1.50. The van der Waals surface area contributed by atoms with Crippen LogP contribution in [0.15, 0.2) is 42.6 Å². The number of aromatic nitrogens is 1. The maximum Gasteiger partial charge on any atom is 0.315 e. The molecule has 0 bridgehead atoms. The van der Waals surface area contributed by atoms with E-state index >= 15 is 0 Å². The molecule has 0 unspecified atom stereocenters. The van der Waals surface area contributed by atoms with Crippen LogP contribution >= 0.6 is 0 Å². The molecule has 2 aromatic rings. The Hall–Kier alpha value is -2.56. The maximum absolute atomic E-state index is 12.1. The predicted molar refractivity (Wildman–Crippen MR) is 91.6 cm³/mol. The highest BCUT2D eigenvalue weighted by Crippen LogP contribution is 2.21. The number of hydrogen-bond acceptors (Lipinski definition) is 3. The number of fused-ring (bicyclic) bond motifs is 1. The van der Waals surface area contributed by atoms with Crippen molar-refractivity contribution >= 4 is 11.8 Å². The second kappa shape index (κ2) is 6.69. The molecule has 1 aromatic heterocycles. The Bertz CT molecular complexity index is 674. The van der Waals surface area contributed by atoms with Crippen molar-refractivity contribution in [2.24, 2.45) is 0 Å². The van der Waals surface area contributed by atoms with E-state index in [0.717, 1.165) is 24.2 Å². The molecule has 2 N–H and O–H groups in total. The van der Waals surface area contributed by atoms with Gasteiger partial charge in [-0.05, 0) is 41.7 Å². The fourth-order valence-electron chi connectivity index (χ4n) is 2.89. The fraction of sp³-hybridized carbons (Fsp3) is 0.333. The summed E-state index contributed by atoms with van der Waals surface area (Å²) in [7, 11) is 3.90. The third-order valence-corrected chi connectivity index (χ3v) is 4.11. The van der Waals surface area contributed by atoms with Gasteiger partial charge in [-0.25, -0.2) is 9.78 Å². The third-order valence-electron chi connectivity index (χ3n) is 4.11. The van der Waals surface area contributed by atoms with Gasteiger partial charge < -0.3 is 15.5 Å². The van der Waals surface area contributed by atoms with Gasteiger partial charge in [0.2, 0.25) is 0 Å². The van der Waals surface area contributed by atoms with Crippen molar-refractivity contribution in [3.05, 3.63) is 59.3 Å². The average Bonchev–Trinajstić information content (AvgIpc) is 2.95. The van der Waals surface area contributed by atoms with Crippen molar-refractivity contribution in [2.45, 2.75) is 25.4 Å². The van der Waals surface area contributed by atoms with Gasteiger partial charge in [0.1, 0.15) is 5.82 Å². The topological polar surface area (TPSA) is 57.3 Å². The molecule has 3 rings (SSSR count). The normalized spacial score (nSPS) is 13.5. The summed E-state index contributed by atoms with van der Waals surface area (Å²) >= 11 is 0. The Morgan fingerprint density at radius 1 is 1.22 bits per heavy atom. The number of hydrogen-bond donors (Lipinski definition) is 2. The quantitative estimate of drug-likeness (QED) is 0.909. The van der Waals surface area contributed by atoms with Crippen LogP contribution < -0.4 is 15.5 Å². The number of benzene rings is 1. The lowest BCUT2D eigenvalue weighted by molar-refractivity contribution is 0.237. The second-order valence-corrected chi connectivity index (χ2v) is 6.12. The molecule has 0 radical (unpaired) electrons. The van der Waals surface area contributed by atoms with Crippen LogP contribution in [0.25, 0.3) is 0 Å². The monoisotopic (exact) mass is 310 g/mol. The van der Waals surface area contributed by atoms with Gasteiger partial charge in [0.15, 0.2) is 0 Å². The van der Waals surface area contributed by atoms with Gasteiger partial charge in [-0.2, -0.15) is 0 Å². The first-order valence-electron chi connectivity index (χ1n) is 7.85. The summed E-state index contributed by atoms with van der Waals surface area (Å²) in [6.07, 6.45) is 3.57. The molecule has 0 saturated heterocycles. The number of urea groups is 1. The van der Waals surface area contributed by atoms with E-state index in [1.165, 1.54) is 11.1 Å². The molecule has 2 amide bonds. The number of rotatable bonds is 4. The summed E-state index contributed by atoms with van der Waals surface area (Å²) in [5.41, 5.74) is 3.71. The van der Waals surface area contributed by atoms with Crippen LogP contribution in [-0.4, -0.2) is 31.2 Å². The number of nitrogens with one attached hydrogen (secondary N) is 2. The van der Waals surface area contributed by atoms with Crippen LogP contribution in [0.2, 0.25) is 0 Å². The minimum atomic E-state index is -0.119. The summed E-state index contributed by atoms with van der Waals surface area (Å²) in [5, 5.41) is 5.98. The standard InChI is InChI=1S/C18H22N4O/c1-22(2)17-9-13(7-8-19-17)12-20-18(23)21-16-10-14-5-3-4-6-15(14)11-16/h3-9,16H,10-12H2,1-2H3,(H2,20,21,23). The molecule has 23 heavy (non-hydrogen) atoms. The summed E-state index contributed by atoms with van der Waals surface area (Å²) in [6, 6.07) is 12.3. The third kappa shape index (κ3) is 3.80. The summed E-state index contributed by atoms with van der Waals surface area (Å²) in [6.45, 7) is 0.495. The van der Waals surface area contributed by atoms with E-state index in [1.807, 2.05) is 43.3 Å². The zero-order valence-corrected chi connectivity index (χ0v) is 13.5. The molecular weight excluding hydrogens is 288 g/mol. The van der Waals surface area contributed by atoms with Gasteiger partial charge in [-0.3, -0.25) is 0 Å². The number of nitrogens with zero attached hydrogens (tertiary/aromatic N) is 2. The molecule has 0 aliphatic heterocycles. The summed E-state index contributed by atoms with van der Waals surface area (Å²) in [4.78, 5) is 18.3. The van der Waals surface area contributed by atoms with E-state index in [-0.39, 0.29) is 12.1 Å². The van der Waals surface area contributed by atoms with Crippen LogP contribution in [-0.2, 0) is 19.4 Å². The van der Waals surface area contributed by atoms with Crippen LogP contribution in [0.1, 0.15) is 16.7 Å². The first kappa shape index (κ1) is 15.3. The van der Waals surface area contributed by atoms with Crippen molar-refractivity contribution in [2.75, 3.05) is 19.0 Å². The van der Waals surface area contributed by atoms with Crippen molar-refractivity contribution in [3.8, 4) is 0 Å². The minimum Gasteiger partial charge on any atom is -0.363 e. The Morgan fingerprint density at radius 2 is 1.91 bits per heavy atom. The smallest absolute Gasteiger partial charge is 0.315 e. The molecule has 0 saturated carbocycles. The zero-order valence-electron chi connectivity index (χ0n) is 13.5. The van der Waals surface area contributed by atoms with E-state index in [9.17, 15) is 4.79 Å². The molecule has 0 spiro atoms. The SMILES string of the molecule is CN(C)c1cc(CNC(=O)NC2Cc3ccccc3C2)ccn1. The van der Waals surface area contributed by atoms with Crippen LogP contribution in [0.5, 0.6) is 0 Å². The van der Waals surface area contributed by atoms with Gasteiger partial charge in [0.05, 0.1) is 0 Å². The van der Waals surface area contributed by atoms with E-state index < -0.39 is 0 Å². The summed E-state index contributed by atoms with van der Waals surface area (Å²) in [5.74, 6) is 0.885. The molecule has 0 atom stereocenters. The van der Waals surface area contributed by atoms with E-state index in [4.69, 9.17) is 0 Å². The molecule has 1 aromatic carbocycles. The lowest BCUT2D eigenvalue weighted by Gasteiger charge is -2.14. The van der Waals surface area contributed by atoms with Crippen LogP contribution in [0.3, 0.4) is 0 Å². The van der Waals surface area contributed by atoms with E-state index in [1.54, 1.807) is 6.20 Å². The molecule has 5 heteroatoms. The molecular formula is C18H22N4O. The number of carbonyl (C=O) groups excluding carboxylic acids is 1. The molecule has 120 valence electrons. The Labute approximate surface area is 136 Å². The fourth-order valence-corrected chi connectivity index (χ4v) is 2.89. The molecule has 5 nitrogen and oxygen atoms in total. The Morgan fingerprint density at radius 3 is 2.57 bits per heavy atom. The number of pyridine rings is 1. The number of carbonyl (C=O) groups is 1. The maximum atomic E-state index is 12.1. The molecule has 0 fully saturated rings. The van der Waals surface area contributed by atoms with E-state index in [2.05, 4.69) is 27.8 Å². The Kier molecular flexibility index (Phi) is 4.46. The highest BCUT2D eigenvalue weighted by atomic mass is 16.2. The zero-order chi connectivity index (χ0) is 16.2. The average molecular weight is 310 g/mol. The molecule has 1 heterocycles. The lowest BCUT2D eigenvalue weighted by Crippen LogP contribution is -2.42. The van der Waals surface area contributed by atoms with Crippen molar-refractivity contribution < 1.29 is 4.79 Å². The number of anilines is 1. The molecule has 1 aliphatic carbocycles. The first-order chi connectivity index (χ1) is 11.1. The van der Waals surface area contributed by atoms with Crippen molar-refractivity contribution in [1.82, 2.24) is 15.6 Å². The van der Waals surface area contributed by atoms with Gasteiger partial charge in [0.25, 0.3) is 0 Å². The van der Waals surface area contributed by atoms with Gasteiger partial charge in [-0.1, -0.05) is 24.3 Å². The van der Waals surface area contributed by atoms with Crippen molar-refractivity contribution in [3.63, 3.8) is 0 Å². The summed E-state index contributed by atoms with van der Waals surface area (Å²) < 4.78 is 0. The highest BCUT2D eigenvalue weighted by molar-refractivity contribution is 5.74. The first-order valence-corrected chi connectivity index (χ1v) is 7.85. The number of amides is 2. The lowest BCUT2D eigenvalue weighted by atomic mass is 10.1. The van der Waals surface area contributed by atoms with Gasteiger partial charge in [0, 0.05) is 32.9 Å². The minimum absolute atomic E-state index is 0.119. The highest BCUT2D eigenvalue weighted by Gasteiger charge is 2.22. The second-order valence-electron chi connectivity index (χ2n) is 6.12. The van der Waals surface area contributed by atoms with Crippen molar-refractivity contribution in [1.29, 1.82) is 0 Å². The van der Waals surface area contributed by atoms with Gasteiger partial charge in [-0.15, -0.1) is 0 Å². The van der Waals surface area contributed by atoms with Crippen LogP contribution in [0.4, 0.5) is 10.6 Å².